The van der Waals surface area contributed by atoms with E-state index in [-0.39, 0.29) is 11.3 Å². The molecule has 1 heterocycles. The molecule has 0 aliphatic carbocycles. The molecule has 0 unspecified atom stereocenters. The molecule has 0 fully saturated rings. The first kappa shape index (κ1) is 13.5. The molecule has 0 spiro atoms. The van der Waals surface area contributed by atoms with E-state index in [4.69, 9.17) is 9.84 Å². The molecule has 1 aromatic heterocycles. The highest BCUT2D eigenvalue weighted by Gasteiger charge is 2.13. The molecule has 0 amide bonds. The van der Waals surface area contributed by atoms with Crippen LogP contribution in [0, 0.1) is 0 Å². The molecule has 0 atom stereocenters. The minimum absolute atomic E-state index is 0.0750. The maximum atomic E-state index is 11.2. The standard InChI is InChI=1S/C13H11BrN2O3/c1-2-9-6-12(16-7-15-9)19-11-4-3-8(14)5-10(11)13(17)18/h3-7H,2H2,1H3,(H,17,18). The molecule has 0 bridgehead atoms. The first-order valence-electron chi connectivity index (χ1n) is 5.61. The van der Waals surface area contributed by atoms with Gasteiger partial charge in [0, 0.05) is 16.2 Å². The Labute approximate surface area is 118 Å². The van der Waals surface area contributed by atoms with Crippen LogP contribution in [0.15, 0.2) is 35.1 Å². The van der Waals surface area contributed by atoms with Gasteiger partial charge in [-0.15, -0.1) is 0 Å². The third-order valence-corrected chi connectivity index (χ3v) is 2.94. The van der Waals surface area contributed by atoms with Gasteiger partial charge in [0.05, 0.1) is 0 Å². The van der Waals surface area contributed by atoms with E-state index in [0.717, 1.165) is 12.1 Å². The Kier molecular flexibility index (Phi) is 4.11. The van der Waals surface area contributed by atoms with E-state index in [2.05, 4.69) is 25.9 Å². The van der Waals surface area contributed by atoms with Gasteiger partial charge in [-0.3, -0.25) is 0 Å². The summed E-state index contributed by atoms with van der Waals surface area (Å²) < 4.78 is 6.19. The summed E-state index contributed by atoms with van der Waals surface area (Å²) in [6.07, 6.45) is 2.15. The smallest absolute Gasteiger partial charge is 0.339 e. The summed E-state index contributed by atoms with van der Waals surface area (Å²) in [6, 6.07) is 6.47. The molecular formula is C13H11BrN2O3. The van der Waals surface area contributed by atoms with Gasteiger partial charge in [-0.1, -0.05) is 22.9 Å². The van der Waals surface area contributed by atoms with E-state index in [1.54, 1.807) is 18.2 Å². The largest absolute Gasteiger partial charge is 0.478 e. The van der Waals surface area contributed by atoms with Crippen LogP contribution < -0.4 is 4.74 Å². The number of carbonyl (C=O) groups is 1. The minimum Gasteiger partial charge on any atom is -0.478 e. The van der Waals surface area contributed by atoms with Crippen LogP contribution in [0.2, 0.25) is 0 Å². The van der Waals surface area contributed by atoms with E-state index in [1.165, 1.54) is 12.4 Å². The van der Waals surface area contributed by atoms with Crippen molar-refractivity contribution >= 4 is 21.9 Å². The van der Waals surface area contributed by atoms with Gasteiger partial charge in [0.1, 0.15) is 17.6 Å². The van der Waals surface area contributed by atoms with Gasteiger partial charge in [-0.25, -0.2) is 14.8 Å². The number of carboxylic acids is 1. The predicted molar refractivity (Wildman–Crippen MR) is 72.6 cm³/mol. The molecule has 2 aromatic rings. The van der Waals surface area contributed by atoms with Crippen LogP contribution in [0.1, 0.15) is 23.0 Å². The molecule has 2 rings (SSSR count). The lowest BCUT2D eigenvalue weighted by atomic mass is 10.2. The second kappa shape index (κ2) is 5.79. The summed E-state index contributed by atoms with van der Waals surface area (Å²) in [6.45, 7) is 1.97. The van der Waals surface area contributed by atoms with Crippen LogP contribution >= 0.6 is 15.9 Å². The molecule has 0 saturated carbocycles. The Morgan fingerprint density at radius 3 is 2.84 bits per heavy atom. The van der Waals surface area contributed by atoms with Gasteiger partial charge in [0.25, 0.3) is 0 Å². The number of nitrogens with zero attached hydrogens (tertiary/aromatic N) is 2. The van der Waals surface area contributed by atoms with Crippen LogP contribution in [0.4, 0.5) is 0 Å². The zero-order valence-corrected chi connectivity index (χ0v) is 11.7. The van der Waals surface area contributed by atoms with Gasteiger partial charge in [0.2, 0.25) is 5.88 Å². The minimum atomic E-state index is -1.05. The first-order chi connectivity index (χ1) is 9.10. The number of aromatic nitrogens is 2. The van der Waals surface area contributed by atoms with Crippen molar-refractivity contribution in [1.82, 2.24) is 9.97 Å². The molecule has 0 saturated heterocycles. The predicted octanol–water partition coefficient (Wildman–Crippen LogP) is 3.29. The molecule has 0 radical (unpaired) electrons. The van der Waals surface area contributed by atoms with Gasteiger partial charge in [-0.05, 0) is 24.6 Å². The van der Waals surface area contributed by atoms with Crippen molar-refractivity contribution in [2.75, 3.05) is 0 Å². The number of halogens is 1. The lowest BCUT2D eigenvalue weighted by molar-refractivity contribution is 0.0694. The molecular weight excluding hydrogens is 312 g/mol. The second-order valence-electron chi connectivity index (χ2n) is 3.75. The Balaban J connectivity index is 2.34. The topological polar surface area (TPSA) is 72.3 Å². The molecule has 19 heavy (non-hydrogen) atoms. The van der Waals surface area contributed by atoms with Crippen LogP contribution in [0.5, 0.6) is 11.6 Å². The van der Waals surface area contributed by atoms with E-state index < -0.39 is 5.97 Å². The highest BCUT2D eigenvalue weighted by Crippen LogP contribution is 2.27. The van der Waals surface area contributed by atoms with E-state index >= 15 is 0 Å². The third-order valence-electron chi connectivity index (χ3n) is 2.45. The third kappa shape index (κ3) is 3.29. The number of aromatic carboxylic acids is 1. The highest BCUT2D eigenvalue weighted by molar-refractivity contribution is 9.10. The maximum Gasteiger partial charge on any atom is 0.339 e. The molecule has 5 nitrogen and oxygen atoms in total. The summed E-state index contributed by atoms with van der Waals surface area (Å²) in [4.78, 5) is 19.2. The zero-order chi connectivity index (χ0) is 13.8. The maximum absolute atomic E-state index is 11.2. The highest BCUT2D eigenvalue weighted by atomic mass is 79.9. The molecule has 98 valence electrons. The lowest BCUT2D eigenvalue weighted by Gasteiger charge is -2.08. The fourth-order valence-corrected chi connectivity index (χ4v) is 1.86. The number of aryl methyl sites for hydroxylation is 1. The Bertz CT molecular complexity index is 617. The number of hydrogen-bond donors (Lipinski definition) is 1. The average Bonchev–Trinajstić information content (AvgIpc) is 2.41. The van der Waals surface area contributed by atoms with E-state index in [1.807, 2.05) is 6.92 Å². The number of ether oxygens (including phenoxy) is 1. The van der Waals surface area contributed by atoms with Gasteiger partial charge in [-0.2, -0.15) is 0 Å². The van der Waals surface area contributed by atoms with Gasteiger partial charge >= 0.3 is 5.97 Å². The molecule has 6 heteroatoms. The Hall–Kier alpha value is -1.95. The zero-order valence-electron chi connectivity index (χ0n) is 10.1. The van der Waals surface area contributed by atoms with Gasteiger partial charge in [0.15, 0.2) is 0 Å². The molecule has 1 aromatic carbocycles. The van der Waals surface area contributed by atoms with Crippen molar-refractivity contribution in [3.63, 3.8) is 0 Å². The van der Waals surface area contributed by atoms with Crippen LogP contribution in [-0.2, 0) is 6.42 Å². The summed E-state index contributed by atoms with van der Waals surface area (Å²) >= 11 is 3.23. The first-order valence-corrected chi connectivity index (χ1v) is 6.41. The average molecular weight is 323 g/mol. The lowest BCUT2D eigenvalue weighted by Crippen LogP contribution is -2.01. The SMILES string of the molecule is CCc1cc(Oc2ccc(Br)cc2C(=O)O)ncn1. The van der Waals surface area contributed by atoms with Crippen molar-refractivity contribution in [3.05, 3.63) is 46.3 Å². The number of rotatable bonds is 4. The van der Waals surface area contributed by atoms with Crippen molar-refractivity contribution in [3.8, 4) is 11.6 Å². The monoisotopic (exact) mass is 322 g/mol. The molecule has 0 aliphatic rings. The molecule has 1 N–H and O–H groups in total. The number of hydrogen-bond acceptors (Lipinski definition) is 4. The normalized spacial score (nSPS) is 10.2. The molecule has 0 aliphatic heterocycles. The van der Waals surface area contributed by atoms with Crippen molar-refractivity contribution in [2.45, 2.75) is 13.3 Å². The Morgan fingerprint density at radius 2 is 2.16 bits per heavy atom. The van der Waals surface area contributed by atoms with Gasteiger partial charge < -0.3 is 9.84 Å². The van der Waals surface area contributed by atoms with Crippen molar-refractivity contribution < 1.29 is 14.6 Å². The summed E-state index contributed by atoms with van der Waals surface area (Å²) in [5.41, 5.74) is 0.907. The van der Waals surface area contributed by atoms with Crippen molar-refractivity contribution in [2.24, 2.45) is 0 Å². The summed E-state index contributed by atoms with van der Waals surface area (Å²) in [7, 11) is 0. The fraction of sp³-hybridized carbons (Fsp3) is 0.154. The van der Waals surface area contributed by atoms with Crippen LogP contribution in [-0.4, -0.2) is 21.0 Å². The number of benzene rings is 1. The van der Waals surface area contributed by atoms with E-state index in [9.17, 15) is 4.79 Å². The van der Waals surface area contributed by atoms with E-state index in [0.29, 0.717) is 10.4 Å². The van der Waals surface area contributed by atoms with Crippen LogP contribution in [0.25, 0.3) is 0 Å². The summed E-state index contributed by atoms with van der Waals surface area (Å²) in [5.74, 6) is -0.478. The Morgan fingerprint density at radius 1 is 1.37 bits per heavy atom. The van der Waals surface area contributed by atoms with Crippen molar-refractivity contribution in [1.29, 1.82) is 0 Å². The van der Waals surface area contributed by atoms with Crippen LogP contribution in [0.3, 0.4) is 0 Å². The summed E-state index contributed by atoms with van der Waals surface area (Å²) in [5, 5.41) is 9.14. The second-order valence-corrected chi connectivity index (χ2v) is 4.66. The number of carboxylic acid groups (broad SMARTS) is 1. The quantitative estimate of drug-likeness (QED) is 0.935. The fourth-order valence-electron chi connectivity index (χ4n) is 1.50.